The highest BCUT2D eigenvalue weighted by Gasteiger charge is 2.08. The van der Waals surface area contributed by atoms with Crippen LogP contribution in [0.2, 0.25) is 0 Å². The molecule has 0 saturated carbocycles. The minimum absolute atomic E-state index is 0.642. The molecule has 2 rings (SSSR count). The van der Waals surface area contributed by atoms with Crippen LogP contribution in [0.1, 0.15) is 28.1 Å². The van der Waals surface area contributed by atoms with Gasteiger partial charge in [-0.3, -0.25) is 0 Å². The smallest absolute Gasteiger partial charge is 0.138 e. The average molecular weight is 260 g/mol. The van der Waals surface area contributed by atoms with Gasteiger partial charge in [0.15, 0.2) is 0 Å². The first-order chi connectivity index (χ1) is 9.22. The summed E-state index contributed by atoms with van der Waals surface area (Å²) in [6.45, 7) is 6.12. The van der Waals surface area contributed by atoms with Gasteiger partial charge in [-0.25, -0.2) is 0 Å². The van der Waals surface area contributed by atoms with Crippen LogP contribution in [0.3, 0.4) is 0 Å². The van der Waals surface area contributed by atoms with E-state index in [0.717, 1.165) is 30.1 Å². The molecule has 0 fully saturated rings. The van der Waals surface area contributed by atoms with Gasteiger partial charge in [0.05, 0.1) is 12.3 Å². The Kier molecular flexibility index (Phi) is 4.71. The Bertz CT molecular complexity index is 515. The van der Waals surface area contributed by atoms with Gasteiger partial charge in [-0.05, 0) is 25.0 Å². The van der Waals surface area contributed by atoms with Crippen molar-refractivity contribution in [1.82, 2.24) is 10.5 Å². The van der Waals surface area contributed by atoms with Crippen LogP contribution in [0.5, 0.6) is 0 Å². The summed E-state index contributed by atoms with van der Waals surface area (Å²) in [4.78, 5) is 0. The third-order valence-corrected chi connectivity index (χ3v) is 3.22. The Morgan fingerprint density at radius 3 is 2.53 bits per heavy atom. The number of rotatable bonds is 6. The molecule has 19 heavy (non-hydrogen) atoms. The number of nitrogens with one attached hydrogen (secondary N) is 1. The molecule has 2 aromatic rings. The lowest BCUT2D eigenvalue weighted by Gasteiger charge is -2.09. The second kappa shape index (κ2) is 6.50. The lowest BCUT2D eigenvalue weighted by atomic mass is 10.1. The Labute approximate surface area is 113 Å². The van der Waals surface area contributed by atoms with Crippen LogP contribution in [-0.4, -0.2) is 12.3 Å². The van der Waals surface area contributed by atoms with Gasteiger partial charge in [0.25, 0.3) is 0 Å². The lowest BCUT2D eigenvalue weighted by Crippen LogP contribution is -2.15. The number of hydrogen-bond donors (Lipinski definition) is 1. The summed E-state index contributed by atoms with van der Waals surface area (Å²) in [5.74, 6) is 0.884. The number of hydrogen-bond acceptors (Lipinski definition) is 4. The molecule has 102 valence electrons. The molecule has 0 amide bonds. The maximum absolute atomic E-state index is 5.21. The molecule has 0 aliphatic heterocycles. The van der Waals surface area contributed by atoms with E-state index in [9.17, 15) is 0 Å². The van der Waals surface area contributed by atoms with Crippen molar-refractivity contribution >= 4 is 0 Å². The van der Waals surface area contributed by atoms with Crippen molar-refractivity contribution in [3.63, 3.8) is 0 Å². The summed E-state index contributed by atoms with van der Waals surface area (Å²) in [6, 6.07) is 8.29. The van der Waals surface area contributed by atoms with Gasteiger partial charge in [0, 0.05) is 25.8 Å². The number of benzene rings is 1. The second-order valence-corrected chi connectivity index (χ2v) is 4.61. The van der Waals surface area contributed by atoms with Crippen molar-refractivity contribution in [2.45, 2.75) is 33.5 Å². The molecule has 1 aromatic heterocycles. The summed E-state index contributed by atoms with van der Waals surface area (Å²) >= 11 is 0. The van der Waals surface area contributed by atoms with Gasteiger partial charge < -0.3 is 14.6 Å². The zero-order valence-electron chi connectivity index (χ0n) is 11.7. The maximum atomic E-state index is 5.21. The normalized spacial score (nSPS) is 10.9. The predicted molar refractivity (Wildman–Crippen MR) is 73.7 cm³/mol. The van der Waals surface area contributed by atoms with Crippen molar-refractivity contribution in [1.29, 1.82) is 0 Å². The lowest BCUT2D eigenvalue weighted by molar-refractivity contribution is 0.184. The first-order valence-electron chi connectivity index (χ1n) is 6.40. The van der Waals surface area contributed by atoms with Crippen molar-refractivity contribution in [2.24, 2.45) is 0 Å². The molecule has 0 spiro atoms. The molecule has 0 saturated heterocycles. The van der Waals surface area contributed by atoms with Crippen molar-refractivity contribution in [3.8, 4) is 0 Å². The van der Waals surface area contributed by atoms with Crippen LogP contribution in [0, 0.1) is 13.8 Å². The first kappa shape index (κ1) is 13.8. The fourth-order valence-electron chi connectivity index (χ4n) is 2.10. The Balaban J connectivity index is 1.96. The van der Waals surface area contributed by atoms with Crippen LogP contribution in [0.4, 0.5) is 0 Å². The van der Waals surface area contributed by atoms with E-state index in [0.29, 0.717) is 6.61 Å². The van der Waals surface area contributed by atoms with Gasteiger partial charge in [-0.2, -0.15) is 0 Å². The minimum atomic E-state index is 0.642. The molecule has 0 aliphatic rings. The van der Waals surface area contributed by atoms with E-state index >= 15 is 0 Å². The van der Waals surface area contributed by atoms with Crippen LogP contribution in [0.15, 0.2) is 28.8 Å². The van der Waals surface area contributed by atoms with Crippen LogP contribution >= 0.6 is 0 Å². The largest absolute Gasteiger partial charge is 0.380 e. The molecule has 0 unspecified atom stereocenters. The predicted octanol–water partition coefficient (Wildman–Crippen LogP) is 2.73. The van der Waals surface area contributed by atoms with E-state index in [1.165, 1.54) is 11.1 Å². The van der Waals surface area contributed by atoms with Gasteiger partial charge in [-0.1, -0.05) is 29.4 Å². The van der Waals surface area contributed by atoms with E-state index in [4.69, 9.17) is 9.26 Å². The highest BCUT2D eigenvalue weighted by molar-refractivity contribution is 5.27. The number of aromatic nitrogens is 1. The van der Waals surface area contributed by atoms with E-state index in [2.05, 4.69) is 22.6 Å². The molecule has 1 aromatic carbocycles. The zero-order chi connectivity index (χ0) is 13.7. The zero-order valence-corrected chi connectivity index (χ0v) is 11.7. The fraction of sp³-hybridized carbons (Fsp3) is 0.400. The molecule has 4 heteroatoms. The molecule has 0 atom stereocenters. The number of methoxy groups -OCH3 is 1. The molecule has 0 bridgehead atoms. The number of ether oxygens (including phenoxy) is 1. The third-order valence-electron chi connectivity index (χ3n) is 3.22. The molecule has 0 radical (unpaired) electrons. The first-order valence-corrected chi connectivity index (χ1v) is 6.40. The quantitative estimate of drug-likeness (QED) is 0.867. The number of aryl methyl sites for hydroxylation is 2. The van der Waals surface area contributed by atoms with Crippen LogP contribution in [0.25, 0.3) is 0 Å². The van der Waals surface area contributed by atoms with E-state index in [1.807, 2.05) is 26.0 Å². The average Bonchev–Trinajstić information content (AvgIpc) is 2.72. The van der Waals surface area contributed by atoms with Crippen molar-refractivity contribution in [2.75, 3.05) is 7.11 Å². The molecule has 4 nitrogen and oxygen atoms in total. The number of nitrogens with zero attached hydrogens (tertiary/aromatic N) is 1. The van der Waals surface area contributed by atoms with Gasteiger partial charge in [0.2, 0.25) is 0 Å². The van der Waals surface area contributed by atoms with Crippen molar-refractivity contribution in [3.05, 3.63) is 52.4 Å². The van der Waals surface area contributed by atoms with E-state index < -0.39 is 0 Å². The highest BCUT2D eigenvalue weighted by Crippen LogP contribution is 2.13. The summed E-state index contributed by atoms with van der Waals surface area (Å²) < 4.78 is 10.4. The summed E-state index contributed by atoms with van der Waals surface area (Å²) in [5.41, 5.74) is 4.58. The summed E-state index contributed by atoms with van der Waals surface area (Å²) in [7, 11) is 1.72. The monoisotopic (exact) mass is 260 g/mol. The van der Waals surface area contributed by atoms with Crippen LogP contribution < -0.4 is 5.32 Å². The Morgan fingerprint density at radius 2 is 1.89 bits per heavy atom. The Morgan fingerprint density at radius 1 is 1.16 bits per heavy atom. The van der Waals surface area contributed by atoms with E-state index in [1.54, 1.807) is 7.11 Å². The van der Waals surface area contributed by atoms with Gasteiger partial charge in [0.1, 0.15) is 5.76 Å². The minimum Gasteiger partial charge on any atom is -0.380 e. The highest BCUT2D eigenvalue weighted by atomic mass is 16.5. The maximum Gasteiger partial charge on any atom is 0.138 e. The molecular formula is C15H20N2O2. The summed E-state index contributed by atoms with van der Waals surface area (Å²) in [6.07, 6.45) is 0. The SMILES string of the molecule is COCc1ccccc1CNCc1c(C)noc1C. The van der Waals surface area contributed by atoms with Crippen molar-refractivity contribution < 1.29 is 9.26 Å². The molecule has 1 N–H and O–H groups in total. The molecule has 0 aliphatic carbocycles. The topological polar surface area (TPSA) is 47.3 Å². The molecular weight excluding hydrogens is 240 g/mol. The standard InChI is InChI=1S/C15H20N2O2/c1-11-15(12(2)19-17-11)9-16-8-13-6-4-5-7-14(13)10-18-3/h4-7,16H,8-10H2,1-3H3. The summed E-state index contributed by atoms with van der Waals surface area (Å²) in [5, 5.41) is 7.38. The second-order valence-electron chi connectivity index (χ2n) is 4.61. The Hall–Kier alpha value is -1.65. The fourth-order valence-corrected chi connectivity index (χ4v) is 2.10. The van der Waals surface area contributed by atoms with E-state index in [-0.39, 0.29) is 0 Å². The van der Waals surface area contributed by atoms with Gasteiger partial charge >= 0.3 is 0 Å². The molecule has 1 heterocycles. The third kappa shape index (κ3) is 3.43. The van der Waals surface area contributed by atoms with Gasteiger partial charge in [-0.15, -0.1) is 0 Å². The van der Waals surface area contributed by atoms with Crippen LogP contribution in [-0.2, 0) is 24.4 Å².